The summed E-state index contributed by atoms with van der Waals surface area (Å²) in [6.07, 6.45) is 4.30. The summed E-state index contributed by atoms with van der Waals surface area (Å²) in [6, 6.07) is 8.12. The zero-order valence-electron chi connectivity index (χ0n) is 15.8. The Morgan fingerprint density at radius 2 is 1.54 bits per heavy atom. The minimum atomic E-state index is -0.770. The Morgan fingerprint density at radius 1 is 0.962 bits per heavy atom. The van der Waals surface area contributed by atoms with Gasteiger partial charge in [0.05, 0.1) is 15.8 Å². The molecule has 2 aliphatic rings. The molecule has 5 nitrogen and oxygen atoms in total. The zero-order valence-corrected chi connectivity index (χ0v) is 16.6. The second kappa shape index (κ2) is 7.14. The van der Waals surface area contributed by atoms with E-state index in [1.807, 2.05) is 24.3 Å². The van der Waals surface area contributed by atoms with Gasteiger partial charge in [-0.2, -0.15) is 0 Å². The highest BCUT2D eigenvalue weighted by Gasteiger charge is 2.40. The standard InChI is InChI=1S/C20H28N4OS/c1-3-20(4-2)15-24(13-14-26(20)25)19-18(23-11-7-8-12-23)21-16-9-5-6-10-17(16)22-19/h5-6,9-10H,3-4,7-8,11-15H2,1-2H3. The molecule has 140 valence electrons. The lowest BCUT2D eigenvalue weighted by molar-refractivity contribution is 0.494. The van der Waals surface area contributed by atoms with Crippen molar-refractivity contribution in [3.05, 3.63) is 24.3 Å². The van der Waals surface area contributed by atoms with Crippen molar-refractivity contribution in [2.75, 3.05) is 41.7 Å². The SMILES string of the molecule is CCC1(CC)CN(c2nc3ccccc3nc2N2CCCC2)CCS1=O. The molecular formula is C20H28N4OS. The summed E-state index contributed by atoms with van der Waals surface area (Å²) >= 11 is 0. The third-order valence-corrected chi connectivity index (χ3v) is 8.26. The summed E-state index contributed by atoms with van der Waals surface area (Å²) in [6.45, 7) is 8.03. The molecule has 0 spiro atoms. The molecular weight excluding hydrogens is 344 g/mol. The topological polar surface area (TPSA) is 49.3 Å². The van der Waals surface area contributed by atoms with Gasteiger partial charge in [-0.15, -0.1) is 0 Å². The first-order chi connectivity index (χ1) is 12.7. The molecule has 1 aromatic carbocycles. The van der Waals surface area contributed by atoms with Crippen molar-refractivity contribution >= 4 is 33.5 Å². The highest BCUT2D eigenvalue weighted by Crippen LogP contribution is 2.36. The molecule has 6 heteroatoms. The van der Waals surface area contributed by atoms with Crippen molar-refractivity contribution in [1.82, 2.24) is 9.97 Å². The molecule has 0 aliphatic carbocycles. The number of para-hydroxylation sites is 2. The van der Waals surface area contributed by atoms with Crippen molar-refractivity contribution in [3.8, 4) is 0 Å². The van der Waals surface area contributed by atoms with E-state index in [0.29, 0.717) is 0 Å². The van der Waals surface area contributed by atoms with Gasteiger partial charge in [0.1, 0.15) is 0 Å². The van der Waals surface area contributed by atoms with Gasteiger partial charge in [-0.25, -0.2) is 9.97 Å². The predicted octanol–water partition coefficient (Wildman–Crippen LogP) is 3.36. The van der Waals surface area contributed by atoms with Gasteiger partial charge < -0.3 is 9.80 Å². The lowest BCUT2D eigenvalue weighted by Crippen LogP contribution is -2.53. The smallest absolute Gasteiger partial charge is 0.172 e. The Labute approximate surface area is 158 Å². The van der Waals surface area contributed by atoms with Crippen LogP contribution in [0.15, 0.2) is 24.3 Å². The largest absolute Gasteiger partial charge is 0.354 e. The van der Waals surface area contributed by atoms with Crippen LogP contribution in [0.4, 0.5) is 11.6 Å². The molecule has 0 saturated carbocycles. The lowest BCUT2D eigenvalue weighted by Gasteiger charge is -2.42. The third-order valence-electron chi connectivity index (χ3n) is 6.04. The summed E-state index contributed by atoms with van der Waals surface area (Å²) < 4.78 is 12.6. The van der Waals surface area contributed by atoms with Crippen LogP contribution < -0.4 is 9.80 Å². The molecule has 2 aromatic rings. The van der Waals surface area contributed by atoms with E-state index in [4.69, 9.17) is 9.97 Å². The summed E-state index contributed by atoms with van der Waals surface area (Å²) in [7, 11) is -0.770. The van der Waals surface area contributed by atoms with Crippen LogP contribution in [-0.4, -0.2) is 50.9 Å². The molecule has 4 rings (SSSR count). The van der Waals surface area contributed by atoms with Gasteiger partial charge in [-0.05, 0) is 37.8 Å². The van der Waals surface area contributed by atoms with Crippen LogP contribution in [0.5, 0.6) is 0 Å². The zero-order chi connectivity index (χ0) is 18.1. The summed E-state index contributed by atoms with van der Waals surface area (Å²) in [5.74, 6) is 2.71. The average molecular weight is 373 g/mol. The second-order valence-corrected chi connectivity index (χ2v) is 9.38. The Hall–Kier alpha value is -1.69. The maximum absolute atomic E-state index is 12.7. The maximum atomic E-state index is 12.7. The third kappa shape index (κ3) is 2.98. The monoisotopic (exact) mass is 372 g/mol. The summed E-state index contributed by atoms with van der Waals surface area (Å²) in [5.41, 5.74) is 1.90. The van der Waals surface area contributed by atoms with Crippen LogP contribution in [0.2, 0.25) is 0 Å². The fourth-order valence-corrected chi connectivity index (χ4v) is 5.98. The summed E-state index contributed by atoms with van der Waals surface area (Å²) in [4.78, 5) is 14.7. The Bertz CT molecular complexity index is 815. The van der Waals surface area contributed by atoms with Crippen LogP contribution in [-0.2, 0) is 10.8 Å². The van der Waals surface area contributed by atoms with Crippen molar-refractivity contribution in [3.63, 3.8) is 0 Å². The fraction of sp³-hybridized carbons (Fsp3) is 0.600. The van der Waals surface area contributed by atoms with E-state index in [2.05, 4.69) is 23.6 Å². The lowest BCUT2D eigenvalue weighted by atomic mass is 10.0. The molecule has 0 N–H and O–H groups in total. The maximum Gasteiger partial charge on any atom is 0.172 e. The second-order valence-electron chi connectivity index (χ2n) is 7.42. The van der Waals surface area contributed by atoms with Crippen LogP contribution in [0.1, 0.15) is 39.5 Å². The molecule has 0 amide bonds. The molecule has 2 fully saturated rings. The number of hydrogen-bond donors (Lipinski definition) is 0. The Balaban J connectivity index is 1.79. The quantitative estimate of drug-likeness (QED) is 0.824. The Morgan fingerprint density at radius 3 is 2.12 bits per heavy atom. The molecule has 0 bridgehead atoms. The number of aromatic nitrogens is 2. The van der Waals surface area contributed by atoms with Crippen LogP contribution >= 0.6 is 0 Å². The first-order valence-electron chi connectivity index (χ1n) is 9.82. The number of anilines is 2. The number of nitrogens with zero attached hydrogens (tertiary/aromatic N) is 4. The molecule has 2 aliphatic heterocycles. The molecule has 3 heterocycles. The first-order valence-corrected chi connectivity index (χ1v) is 11.1. The van der Waals surface area contributed by atoms with E-state index in [-0.39, 0.29) is 4.75 Å². The first kappa shape index (κ1) is 17.7. The van der Waals surface area contributed by atoms with Gasteiger partial charge in [-0.1, -0.05) is 26.0 Å². The van der Waals surface area contributed by atoms with Crippen LogP contribution in [0, 0.1) is 0 Å². The van der Waals surface area contributed by atoms with Crippen LogP contribution in [0.3, 0.4) is 0 Å². The number of hydrogen-bond acceptors (Lipinski definition) is 5. The van der Waals surface area contributed by atoms with E-state index in [1.54, 1.807) is 0 Å². The fourth-order valence-electron chi connectivity index (χ4n) is 4.22. The van der Waals surface area contributed by atoms with E-state index in [1.165, 1.54) is 12.8 Å². The van der Waals surface area contributed by atoms with Gasteiger partial charge in [0.15, 0.2) is 11.6 Å². The number of benzene rings is 1. The number of fused-ring (bicyclic) bond motifs is 1. The van der Waals surface area contributed by atoms with E-state index < -0.39 is 10.8 Å². The van der Waals surface area contributed by atoms with Gasteiger partial charge in [-0.3, -0.25) is 4.21 Å². The van der Waals surface area contributed by atoms with E-state index in [0.717, 1.165) is 67.4 Å². The predicted molar refractivity (Wildman–Crippen MR) is 110 cm³/mol. The molecule has 1 unspecified atom stereocenters. The van der Waals surface area contributed by atoms with Crippen LogP contribution in [0.25, 0.3) is 11.0 Å². The molecule has 1 aromatic heterocycles. The number of rotatable bonds is 4. The van der Waals surface area contributed by atoms with E-state index >= 15 is 0 Å². The van der Waals surface area contributed by atoms with Crippen molar-refractivity contribution < 1.29 is 4.21 Å². The van der Waals surface area contributed by atoms with Gasteiger partial charge >= 0.3 is 0 Å². The van der Waals surface area contributed by atoms with Gasteiger partial charge in [0.2, 0.25) is 0 Å². The Kier molecular flexibility index (Phi) is 4.86. The molecule has 0 radical (unpaired) electrons. The minimum absolute atomic E-state index is 0.131. The van der Waals surface area contributed by atoms with E-state index in [9.17, 15) is 4.21 Å². The van der Waals surface area contributed by atoms with Gasteiger partial charge in [0, 0.05) is 42.7 Å². The highest BCUT2D eigenvalue weighted by molar-refractivity contribution is 7.86. The normalized spacial score (nSPS) is 22.9. The molecule has 2 saturated heterocycles. The van der Waals surface area contributed by atoms with Gasteiger partial charge in [0.25, 0.3) is 0 Å². The van der Waals surface area contributed by atoms with Crippen molar-refractivity contribution in [1.29, 1.82) is 0 Å². The molecule has 26 heavy (non-hydrogen) atoms. The molecule has 1 atom stereocenters. The average Bonchev–Trinajstić information content (AvgIpc) is 3.22. The minimum Gasteiger partial charge on any atom is -0.354 e. The highest BCUT2D eigenvalue weighted by atomic mass is 32.2. The van der Waals surface area contributed by atoms with Crippen molar-refractivity contribution in [2.24, 2.45) is 0 Å². The summed E-state index contributed by atoms with van der Waals surface area (Å²) in [5, 5.41) is 0. The van der Waals surface area contributed by atoms with Crippen molar-refractivity contribution in [2.45, 2.75) is 44.3 Å².